The van der Waals surface area contributed by atoms with Crippen molar-refractivity contribution in [1.29, 1.82) is 0 Å². The normalized spacial score (nSPS) is 11.5. The number of para-hydroxylation sites is 3. The first kappa shape index (κ1) is 79.4. The first-order valence-electron chi connectivity index (χ1n) is 33.5. The highest BCUT2D eigenvalue weighted by atomic mass is 35.5. The van der Waals surface area contributed by atoms with Crippen LogP contribution in [-0.2, 0) is 49.3 Å². The number of sulfonamides is 3. The van der Waals surface area contributed by atoms with Gasteiger partial charge in [0, 0.05) is 72.4 Å². The van der Waals surface area contributed by atoms with Crippen LogP contribution >= 0.6 is 46.4 Å². The minimum absolute atomic E-state index is 0.0118. The molecular formula is C78H76Cl4N8O14S3. The van der Waals surface area contributed by atoms with Crippen molar-refractivity contribution in [3.63, 3.8) is 0 Å². The molecule has 0 aliphatic carbocycles. The van der Waals surface area contributed by atoms with Crippen molar-refractivity contribution in [2.75, 3.05) is 34.0 Å². The van der Waals surface area contributed by atoms with Gasteiger partial charge in [-0.3, -0.25) is 19.4 Å². The molecule has 0 bridgehead atoms. The molecule has 3 amide bonds. The van der Waals surface area contributed by atoms with Crippen LogP contribution in [0.25, 0.3) is 32.7 Å². The number of fused-ring (bicyclic) bond motifs is 3. The average Bonchev–Trinajstić information content (AvgIpc) is 1.69. The van der Waals surface area contributed by atoms with Crippen molar-refractivity contribution < 1.29 is 63.3 Å². The van der Waals surface area contributed by atoms with Gasteiger partial charge in [0.15, 0.2) is 0 Å². The molecule has 6 N–H and O–H groups in total. The largest absolute Gasteiger partial charge is 0.497 e. The molecule has 0 radical (unpaired) electrons. The minimum Gasteiger partial charge on any atom is -0.497 e. The zero-order chi connectivity index (χ0) is 76.9. The number of carbonyl (C=O) groups is 3. The van der Waals surface area contributed by atoms with Crippen molar-refractivity contribution in [3.05, 3.63) is 258 Å². The van der Waals surface area contributed by atoms with E-state index < -0.39 is 47.8 Å². The van der Waals surface area contributed by atoms with Crippen LogP contribution in [0.15, 0.2) is 185 Å². The monoisotopic (exact) mass is 1580 g/mol. The second kappa shape index (κ2) is 35.1. The number of aromatic amines is 3. The van der Waals surface area contributed by atoms with E-state index in [1.165, 1.54) is 75.3 Å². The maximum Gasteiger partial charge on any atom is 0.281 e. The number of halogens is 4. The summed E-state index contributed by atoms with van der Waals surface area (Å²) >= 11 is 24.5. The Morgan fingerprint density at radius 1 is 0.402 bits per heavy atom. The summed E-state index contributed by atoms with van der Waals surface area (Å²) in [5.41, 5.74) is 10.6. The first-order chi connectivity index (χ1) is 51.1. The van der Waals surface area contributed by atoms with E-state index in [1.54, 1.807) is 0 Å². The molecule has 22 nitrogen and oxygen atoms in total. The smallest absolute Gasteiger partial charge is 0.281 e. The lowest BCUT2D eigenvalue weighted by Gasteiger charge is -2.12. The fourth-order valence-corrected chi connectivity index (χ4v) is 15.6. The standard InChI is InChI=1S/C28H29ClN2O6S.C25H23Cl2N3O4S.C25H24ClN3O4S/c1-17-14-20(15-18(2)26(17)29)37-13-7-9-22-21-8-5-6-10-23(21)30-27(22)28(32)31-38(33,34)25-12-11-19(35-3)16-24(25)36-4;1-15-12-17(13-16(2)23(15)27)34-11-5-7-20-19-6-3-4-8-21(19)29-24(20)25(31)30-35(32,33)18-9-10-28-22(26)14-18;1-16-14-18(15-17(2)23(16)26)33-13-5-7-21-20-6-3-4-8-22(20)28-24(21)25(30)29-34(31,32)19-9-11-27-12-10-19/h5-6,8,10-12,14-16,30H,7,9,13H2,1-4H3,(H,31,32);3-4,6,8-10,12-14,29H,5,7,11H2,1-2H3,(H,30,31);3-4,6,8-12,14-15,28H,5,7,13H2,1-2H3,(H,29,30). The summed E-state index contributed by atoms with van der Waals surface area (Å²) in [5.74, 6) is 0.437. The summed E-state index contributed by atoms with van der Waals surface area (Å²) in [6.45, 7) is 12.8. The van der Waals surface area contributed by atoms with Crippen molar-refractivity contribution in [2.45, 2.75) is 94.8 Å². The van der Waals surface area contributed by atoms with Gasteiger partial charge in [0.1, 0.15) is 55.9 Å². The van der Waals surface area contributed by atoms with E-state index in [0.29, 0.717) is 80.2 Å². The van der Waals surface area contributed by atoms with Crippen LogP contribution in [-0.4, -0.2) is 102 Å². The van der Waals surface area contributed by atoms with E-state index in [9.17, 15) is 39.6 Å². The number of hydrogen-bond acceptors (Lipinski definition) is 16. The Kier molecular flexibility index (Phi) is 26.0. The summed E-state index contributed by atoms with van der Waals surface area (Å²) in [6.07, 6.45) is 7.32. The second-order valence-corrected chi connectivity index (χ2v) is 31.4. The summed E-state index contributed by atoms with van der Waals surface area (Å²) < 4.78 is 112. The number of methoxy groups -OCH3 is 2. The summed E-state index contributed by atoms with van der Waals surface area (Å²) in [6, 6.07) is 43.1. The molecule has 0 saturated carbocycles. The molecular weight excluding hydrogens is 1510 g/mol. The number of nitrogens with one attached hydrogen (secondary N) is 6. The van der Waals surface area contributed by atoms with E-state index in [1.807, 2.05) is 151 Å². The lowest BCUT2D eigenvalue weighted by molar-refractivity contribution is 0.0967. The molecule has 5 heterocycles. The maximum atomic E-state index is 13.3. The van der Waals surface area contributed by atoms with E-state index in [2.05, 4.69) is 39.1 Å². The van der Waals surface area contributed by atoms with E-state index in [-0.39, 0.29) is 42.7 Å². The number of rotatable bonds is 26. The van der Waals surface area contributed by atoms with E-state index in [4.69, 9.17) is 70.1 Å². The summed E-state index contributed by atoms with van der Waals surface area (Å²) in [4.78, 5) is 55.8. The van der Waals surface area contributed by atoms with Crippen LogP contribution in [0, 0.1) is 41.5 Å². The van der Waals surface area contributed by atoms with Gasteiger partial charge in [-0.1, -0.05) is 101 Å². The van der Waals surface area contributed by atoms with Gasteiger partial charge in [-0.05, 0) is 221 Å². The maximum absolute atomic E-state index is 13.3. The Balaban J connectivity index is 0.000000172. The number of H-pyrrole nitrogens is 3. The third-order valence-corrected chi connectivity index (χ3v) is 23.2. The van der Waals surface area contributed by atoms with Gasteiger partial charge in [0.05, 0.1) is 43.8 Å². The third kappa shape index (κ3) is 19.6. The average molecular weight is 1590 g/mol. The lowest BCUT2D eigenvalue weighted by Crippen LogP contribution is -2.31. The molecule has 558 valence electrons. The number of hydrogen-bond donors (Lipinski definition) is 6. The zero-order valence-corrected chi connectivity index (χ0v) is 64.8. The third-order valence-electron chi connectivity index (χ3n) is 17.2. The quantitative estimate of drug-likeness (QED) is 0.0217. The van der Waals surface area contributed by atoms with Crippen molar-refractivity contribution in [1.82, 2.24) is 39.1 Å². The molecule has 0 aliphatic rings. The lowest BCUT2D eigenvalue weighted by atomic mass is 10.1. The first-order valence-corrected chi connectivity index (χ1v) is 39.4. The Bertz CT molecular complexity index is 5590. The Labute approximate surface area is 640 Å². The number of nitrogens with zero attached hydrogens (tertiary/aromatic N) is 2. The number of aryl methyl sites for hydroxylation is 9. The van der Waals surface area contributed by atoms with E-state index in [0.717, 1.165) is 98.9 Å². The molecule has 0 unspecified atom stereocenters. The fourth-order valence-electron chi connectivity index (χ4n) is 12.0. The van der Waals surface area contributed by atoms with Gasteiger partial charge < -0.3 is 38.6 Å². The van der Waals surface area contributed by atoms with Crippen molar-refractivity contribution in [3.8, 4) is 28.7 Å². The number of benzene rings is 7. The topological polar surface area (TPSA) is 309 Å². The van der Waals surface area contributed by atoms with Gasteiger partial charge in [0.25, 0.3) is 47.8 Å². The number of pyridine rings is 2. The number of ether oxygens (including phenoxy) is 5. The molecule has 0 fully saturated rings. The van der Waals surface area contributed by atoms with Gasteiger partial charge in [0.2, 0.25) is 0 Å². The van der Waals surface area contributed by atoms with Crippen molar-refractivity contribution in [2.24, 2.45) is 0 Å². The Morgan fingerprint density at radius 2 is 0.748 bits per heavy atom. The fraction of sp³-hybridized carbons (Fsp3) is 0.218. The summed E-state index contributed by atoms with van der Waals surface area (Å²) in [5, 5.41) is 4.73. The van der Waals surface area contributed by atoms with Gasteiger partial charge in [-0.15, -0.1) is 0 Å². The summed E-state index contributed by atoms with van der Waals surface area (Å²) in [7, 11) is -9.59. The minimum atomic E-state index is -4.24. The number of amides is 3. The molecule has 0 spiro atoms. The van der Waals surface area contributed by atoms with Gasteiger partial charge >= 0.3 is 0 Å². The van der Waals surface area contributed by atoms with Crippen LogP contribution in [0.5, 0.6) is 28.7 Å². The highest BCUT2D eigenvalue weighted by Crippen LogP contribution is 2.34. The highest BCUT2D eigenvalue weighted by Gasteiger charge is 2.29. The molecule has 107 heavy (non-hydrogen) atoms. The van der Waals surface area contributed by atoms with Crippen LogP contribution in [0.4, 0.5) is 0 Å². The predicted octanol–water partition coefficient (Wildman–Crippen LogP) is 16.2. The molecule has 7 aromatic carbocycles. The molecule has 29 heteroatoms. The van der Waals surface area contributed by atoms with Crippen LogP contribution in [0.1, 0.15) is 101 Å². The van der Waals surface area contributed by atoms with Crippen LogP contribution < -0.4 is 37.9 Å². The van der Waals surface area contributed by atoms with Gasteiger partial charge in [-0.2, -0.15) is 0 Å². The Hall–Kier alpha value is -10.1. The number of aromatic nitrogens is 5. The molecule has 0 aliphatic heterocycles. The second-order valence-electron chi connectivity index (χ2n) is 24.9. The highest BCUT2D eigenvalue weighted by molar-refractivity contribution is 7.90. The van der Waals surface area contributed by atoms with E-state index >= 15 is 0 Å². The molecule has 0 atom stereocenters. The van der Waals surface area contributed by atoms with Crippen LogP contribution in [0.3, 0.4) is 0 Å². The van der Waals surface area contributed by atoms with Crippen LogP contribution in [0.2, 0.25) is 20.2 Å². The molecule has 5 aromatic heterocycles. The molecule has 12 rings (SSSR count). The SMILES string of the molecule is COc1ccc(S(=O)(=O)NC(=O)c2[nH]c3ccccc3c2CCCOc2cc(C)c(Cl)c(C)c2)c(OC)c1.Cc1cc(OCCCc2c(C(=O)NS(=O)(=O)c3ccnc(Cl)c3)[nH]c3ccccc23)cc(C)c1Cl.Cc1cc(OCCCc2c(C(=O)NS(=O)(=O)c3ccncc3)[nH]c3ccccc23)cc(C)c1Cl. The zero-order valence-electron chi connectivity index (χ0n) is 59.4. The van der Waals surface area contributed by atoms with Crippen molar-refractivity contribution >= 4 is 127 Å². The molecule has 0 saturated heterocycles. The Morgan fingerprint density at radius 3 is 1.10 bits per heavy atom. The van der Waals surface area contributed by atoms with Gasteiger partial charge in [-0.25, -0.2) is 44.4 Å². The number of carbonyl (C=O) groups excluding carboxylic acids is 3. The predicted molar refractivity (Wildman–Crippen MR) is 416 cm³/mol. The molecule has 12 aromatic rings.